The smallest absolute Gasteiger partial charge is 0.235 e. The van der Waals surface area contributed by atoms with Gasteiger partial charge in [-0.1, -0.05) is 11.8 Å². The average Bonchev–Trinajstić information content (AvgIpc) is 3.41. The van der Waals surface area contributed by atoms with Gasteiger partial charge in [-0.25, -0.2) is 0 Å². The highest BCUT2D eigenvalue weighted by Gasteiger charge is 2.22. The van der Waals surface area contributed by atoms with Gasteiger partial charge in [0.15, 0.2) is 11.0 Å². The maximum Gasteiger partial charge on any atom is 0.235 e. The third kappa shape index (κ3) is 4.10. The molecule has 1 aliphatic carbocycles. The van der Waals surface area contributed by atoms with E-state index in [9.17, 15) is 10.1 Å². The van der Waals surface area contributed by atoms with E-state index in [1.807, 2.05) is 11.5 Å². The highest BCUT2D eigenvalue weighted by Crippen LogP contribution is 2.37. The third-order valence-electron chi connectivity index (χ3n) is 4.89. The van der Waals surface area contributed by atoms with Crippen molar-refractivity contribution in [2.24, 2.45) is 0 Å². The van der Waals surface area contributed by atoms with Gasteiger partial charge in [0, 0.05) is 27.2 Å². The molecule has 0 saturated heterocycles. The van der Waals surface area contributed by atoms with E-state index in [1.165, 1.54) is 21.5 Å². The fourth-order valence-corrected chi connectivity index (χ4v) is 6.26. The van der Waals surface area contributed by atoms with Crippen molar-refractivity contribution >= 4 is 45.3 Å². The van der Waals surface area contributed by atoms with Gasteiger partial charge in [-0.05, 0) is 51.2 Å². The molecule has 0 bridgehead atoms. The third-order valence-corrected chi connectivity index (χ3v) is 7.93. The van der Waals surface area contributed by atoms with Crippen LogP contribution >= 0.6 is 34.4 Å². The summed E-state index contributed by atoms with van der Waals surface area (Å²) < 4.78 is 2.03. The van der Waals surface area contributed by atoms with Crippen molar-refractivity contribution in [1.29, 1.82) is 5.26 Å². The molecule has 6 nitrogen and oxygen atoms in total. The topological polar surface area (TPSA) is 83.6 Å². The number of hydrogen-bond donors (Lipinski definition) is 1. The van der Waals surface area contributed by atoms with Gasteiger partial charge in [-0.2, -0.15) is 5.26 Å². The van der Waals surface area contributed by atoms with Crippen molar-refractivity contribution in [3.8, 4) is 17.5 Å². The number of hydrogen-bond acceptors (Lipinski definition) is 7. The van der Waals surface area contributed by atoms with Crippen LogP contribution in [0.4, 0.5) is 5.00 Å². The van der Waals surface area contributed by atoms with Crippen LogP contribution in [0, 0.1) is 18.3 Å². The SMILES string of the molecule is CCn1c(SCC(=O)Nc2sc3c(c2C#N)CCCC3)nnc1-c1csc(C)c1. The Balaban J connectivity index is 1.45. The second-order valence-corrected chi connectivity index (χ2v) is 10.0. The lowest BCUT2D eigenvalue weighted by Gasteiger charge is -2.09. The Hall–Kier alpha value is -2.15. The molecule has 4 rings (SSSR count). The number of anilines is 1. The number of rotatable bonds is 6. The second kappa shape index (κ2) is 8.69. The van der Waals surface area contributed by atoms with E-state index in [2.05, 4.69) is 40.0 Å². The molecule has 0 radical (unpaired) electrons. The van der Waals surface area contributed by atoms with Crippen LogP contribution in [0.5, 0.6) is 0 Å². The zero-order valence-corrected chi connectivity index (χ0v) is 18.8. The Morgan fingerprint density at radius 2 is 2.21 bits per heavy atom. The van der Waals surface area contributed by atoms with E-state index in [0.717, 1.165) is 54.3 Å². The summed E-state index contributed by atoms with van der Waals surface area (Å²) in [6.07, 6.45) is 4.20. The molecule has 29 heavy (non-hydrogen) atoms. The van der Waals surface area contributed by atoms with Crippen LogP contribution in [0.2, 0.25) is 0 Å². The van der Waals surface area contributed by atoms with Crippen LogP contribution in [-0.2, 0) is 24.2 Å². The summed E-state index contributed by atoms with van der Waals surface area (Å²) in [5.41, 5.74) is 2.84. The fraction of sp³-hybridized carbons (Fsp3) is 0.400. The first-order valence-corrected chi connectivity index (χ1v) is 12.2. The Labute approximate surface area is 182 Å². The normalized spacial score (nSPS) is 13.1. The standard InChI is InChI=1S/C20H21N5OS3/c1-3-25-18(13-8-12(2)27-10-13)23-24-20(25)28-11-17(26)22-19-15(9-21)14-6-4-5-7-16(14)29-19/h8,10H,3-7,11H2,1-2H3,(H,22,26). The quantitative estimate of drug-likeness (QED) is 0.549. The number of thiophene rings is 2. The van der Waals surface area contributed by atoms with E-state index < -0.39 is 0 Å². The van der Waals surface area contributed by atoms with E-state index in [4.69, 9.17) is 0 Å². The molecule has 3 aromatic rings. The van der Waals surface area contributed by atoms with Crippen LogP contribution in [0.3, 0.4) is 0 Å². The Morgan fingerprint density at radius 3 is 2.93 bits per heavy atom. The number of carbonyl (C=O) groups is 1. The minimum absolute atomic E-state index is 0.122. The summed E-state index contributed by atoms with van der Waals surface area (Å²) in [5.74, 6) is 0.940. The zero-order chi connectivity index (χ0) is 20.4. The molecule has 150 valence electrons. The number of aromatic nitrogens is 3. The maximum atomic E-state index is 12.6. The molecule has 0 aliphatic heterocycles. The van der Waals surface area contributed by atoms with E-state index in [-0.39, 0.29) is 11.7 Å². The van der Waals surface area contributed by atoms with Gasteiger partial charge >= 0.3 is 0 Å². The lowest BCUT2D eigenvalue weighted by Crippen LogP contribution is -2.14. The fourth-order valence-electron chi connectivity index (χ4n) is 3.52. The van der Waals surface area contributed by atoms with Gasteiger partial charge in [-0.15, -0.1) is 32.9 Å². The second-order valence-electron chi connectivity index (χ2n) is 6.86. The number of amides is 1. The van der Waals surface area contributed by atoms with Crippen LogP contribution in [0.25, 0.3) is 11.4 Å². The van der Waals surface area contributed by atoms with Crippen LogP contribution in [0.1, 0.15) is 40.6 Å². The first-order valence-electron chi connectivity index (χ1n) is 9.56. The molecule has 0 aromatic carbocycles. The van der Waals surface area contributed by atoms with Crippen molar-refractivity contribution in [2.45, 2.75) is 51.2 Å². The molecule has 0 atom stereocenters. The Morgan fingerprint density at radius 1 is 1.38 bits per heavy atom. The number of aryl methyl sites for hydroxylation is 2. The molecule has 3 heterocycles. The summed E-state index contributed by atoms with van der Waals surface area (Å²) >= 11 is 4.61. The molecule has 0 unspecified atom stereocenters. The first-order chi connectivity index (χ1) is 14.1. The van der Waals surface area contributed by atoms with Crippen molar-refractivity contribution < 1.29 is 4.79 Å². The molecule has 0 fully saturated rings. The zero-order valence-electron chi connectivity index (χ0n) is 16.3. The highest BCUT2D eigenvalue weighted by molar-refractivity contribution is 7.99. The molecule has 0 saturated carbocycles. The Bertz CT molecular complexity index is 1090. The number of nitriles is 1. The summed E-state index contributed by atoms with van der Waals surface area (Å²) in [7, 11) is 0. The lowest BCUT2D eigenvalue weighted by atomic mass is 9.96. The number of carbonyl (C=O) groups excluding carboxylic acids is 1. The van der Waals surface area contributed by atoms with Crippen LogP contribution < -0.4 is 5.32 Å². The van der Waals surface area contributed by atoms with Gasteiger partial charge in [-0.3, -0.25) is 4.79 Å². The minimum Gasteiger partial charge on any atom is -0.316 e. The van der Waals surface area contributed by atoms with Crippen molar-refractivity contribution in [1.82, 2.24) is 14.8 Å². The van der Waals surface area contributed by atoms with Crippen LogP contribution in [0.15, 0.2) is 16.6 Å². The number of fused-ring (bicyclic) bond motifs is 1. The van der Waals surface area contributed by atoms with Gasteiger partial charge < -0.3 is 9.88 Å². The minimum atomic E-state index is -0.122. The largest absolute Gasteiger partial charge is 0.316 e. The summed E-state index contributed by atoms with van der Waals surface area (Å²) in [5, 5.41) is 24.6. The number of nitrogens with zero attached hydrogens (tertiary/aromatic N) is 4. The number of nitrogens with one attached hydrogen (secondary N) is 1. The maximum absolute atomic E-state index is 12.6. The Kier molecular flexibility index (Phi) is 6.04. The van der Waals surface area contributed by atoms with Gasteiger partial charge in [0.25, 0.3) is 0 Å². The molecular weight excluding hydrogens is 422 g/mol. The summed E-state index contributed by atoms with van der Waals surface area (Å²) in [6.45, 7) is 4.85. The van der Waals surface area contributed by atoms with E-state index >= 15 is 0 Å². The highest BCUT2D eigenvalue weighted by atomic mass is 32.2. The number of thioether (sulfide) groups is 1. The van der Waals surface area contributed by atoms with E-state index in [1.54, 1.807) is 22.7 Å². The molecular formula is C20H21N5OS3. The summed E-state index contributed by atoms with van der Waals surface area (Å²) in [4.78, 5) is 15.0. The molecule has 1 N–H and O–H groups in total. The molecule has 1 aliphatic rings. The molecule has 0 spiro atoms. The van der Waals surface area contributed by atoms with Gasteiger partial charge in [0.05, 0.1) is 11.3 Å². The van der Waals surface area contributed by atoms with Crippen LogP contribution in [-0.4, -0.2) is 26.4 Å². The van der Waals surface area contributed by atoms with Crippen molar-refractivity contribution in [3.63, 3.8) is 0 Å². The molecule has 9 heteroatoms. The van der Waals surface area contributed by atoms with E-state index in [0.29, 0.717) is 10.6 Å². The van der Waals surface area contributed by atoms with Gasteiger partial charge in [0.2, 0.25) is 5.91 Å². The predicted molar refractivity (Wildman–Crippen MR) is 119 cm³/mol. The lowest BCUT2D eigenvalue weighted by molar-refractivity contribution is -0.113. The molecule has 3 aromatic heterocycles. The van der Waals surface area contributed by atoms with Gasteiger partial charge in [0.1, 0.15) is 11.1 Å². The summed E-state index contributed by atoms with van der Waals surface area (Å²) in [6, 6.07) is 4.39. The van der Waals surface area contributed by atoms with Crippen molar-refractivity contribution in [3.05, 3.63) is 32.3 Å². The predicted octanol–water partition coefficient (Wildman–Crippen LogP) is 4.88. The molecule has 1 amide bonds. The monoisotopic (exact) mass is 443 g/mol. The first kappa shape index (κ1) is 20.1. The average molecular weight is 444 g/mol. The van der Waals surface area contributed by atoms with Crippen molar-refractivity contribution in [2.75, 3.05) is 11.1 Å².